The van der Waals surface area contributed by atoms with Crippen molar-refractivity contribution in [3.63, 3.8) is 0 Å². The van der Waals surface area contributed by atoms with Crippen LogP contribution in [0.25, 0.3) is 0 Å². The molecule has 0 saturated carbocycles. The molecule has 0 radical (unpaired) electrons. The number of thiophene rings is 1. The average Bonchev–Trinajstić information content (AvgIpc) is 3.39. The first-order valence-corrected chi connectivity index (χ1v) is 11.0. The van der Waals surface area contributed by atoms with Crippen LogP contribution in [0.2, 0.25) is 0 Å². The van der Waals surface area contributed by atoms with Gasteiger partial charge in [0.15, 0.2) is 0 Å². The first-order chi connectivity index (χ1) is 13.3. The number of aromatic amines is 1. The van der Waals surface area contributed by atoms with Gasteiger partial charge in [-0.25, -0.2) is 4.98 Å². The topological polar surface area (TPSA) is 61.9 Å². The molecule has 7 heteroatoms. The van der Waals surface area contributed by atoms with Crippen molar-refractivity contribution >= 4 is 29.0 Å². The molecule has 1 fully saturated rings. The van der Waals surface area contributed by atoms with E-state index in [0.29, 0.717) is 5.16 Å². The summed E-state index contributed by atoms with van der Waals surface area (Å²) in [7, 11) is 0. The Kier molecular flexibility index (Phi) is 5.89. The molecule has 3 aromatic rings. The standard InChI is InChI=1S/C20H22N4OS2/c25-19(24-11-5-2-6-12-24)18(15-8-3-1-4-9-15)27-20-21-17(22-23-20)14-16-10-7-13-26-16/h1,3-4,7-10,13,18H,2,5-6,11-12,14H2,(H,21,22,23)/t18-/m0/s1. The molecule has 4 rings (SSSR count). The van der Waals surface area contributed by atoms with Gasteiger partial charge in [0.05, 0.1) is 0 Å². The van der Waals surface area contributed by atoms with Crippen LogP contribution in [0.5, 0.6) is 0 Å². The van der Waals surface area contributed by atoms with E-state index in [1.807, 2.05) is 41.3 Å². The molecule has 1 aliphatic rings. The Hall–Kier alpha value is -2.12. The highest BCUT2D eigenvalue weighted by molar-refractivity contribution is 8.00. The van der Waals surface area contributed by atoms with Crippen LogP contribution in [0.1, 0.15) is 40.8 Å². The van der Waals surface area contributed by atoms with E-state index >= 15 is 0 Å². The number of carbonyl (C=O) groups is 1. The lowest BCUT2D eigenvalue weighted by Gasteiger charge is -2.30. The largest absolute Gasteiger partial charge is 0.341 e. The van der Waals surface area contributed by atoms with Crippen molar-refractivity contribution in [1.29, 1.82) is 0 Å². The molecule has 1 atom stereocenters. The Labute approximate surface area is 167 Å². The van der Waals surface area contributed by atoms with Crippen LogP contribution in [-0.4, -0.2) is 39.1 Å². The Bertz CT molecular complexity index is 857. The van der Waals surface area contributed by atoms with E-state index in [1.165, 1.54) is 23.1 Å². The third kappa shape index (κ3) is 4.59. The van der Waals surface area contributed by atoms with E-state index in [0.717, 1.165) is 43.7 Å². The number of nitrogens with one attached hydrogen (secondary N) is 1. The van der Waals surface area contributed by atoms with Gasteiger partial charge in [-0.15, -0.1) is 16.4 Å². The van der Waals surface area contributed by atoms with Gasteiger partial charge in [-0.1, -0.05) is 48.2 Å². The summed E-state index contributed by atoms with van der Waals surface area (Å²) in [5.74, 6) is 0.993. The number of aromatic nitrogens is 3. The molecule has 0 bridgehead atoms. The molecule has 1 aliphatic heterocycles. The van der Waals surface area contributed by atoms with Crippen molar-refractivity contribution in [3.05, 3.63) is 64.1 Å². The monoisotopic (exact) mass is 398 g/mol. The quantitative estimate of drug-likeness (QED) is 0.629. The summed E-state index contributed by atoms with van der Waals surface area (Å²) in [5, 5.41) is 9.74. The number of carbonyl (C=O) groups excluding carboxylic acids is 1. The molecule has 1 N–H and O–H groups in total. The zero-order valence-electron chi connectivity index (χ0n) is 15.0. The maximum absolute atomic E-state index is 13.2. The van der Waals surface area contributed by atoms with Crippen molar-refractivity contribution < 1.29 is 4.79 Å². The van der Waals surface area contributed by atoms with Gasteiger partial charge in [0.1, 0.15) is 11.1 Å². The van der Waals surface area contributed by atoms with Crippen LogP contribution in [0.15, 0.2) is 53.0 Å². The van der Waals surface area contributed by atoms with E-state index < -0.39 is 0 Å². The van der Waals surface area contributed by atoms with Gasteiger partial charge in [0.2, 0.25) is 11.1 Å². The lowest BCUT2D eigenvalue weighted by molar-refractivity contribution is -0.131. The van der Waals surface area contributed by atoms with Gasteiger partial charge in [-0.05, 0) is 36.3 Å². The predicted molar refractivity (Wildman–Crippen MR) is 109 cm³/mol. The van der Waals surface area contributed by atoms with Crippen LogP contribution in [-0.2, 0) is 11.2 Å². The highest BCUT2D eigenvalue weighted by Crippen LogP contribution is 2.35. The second kappa shape index (κ2) is 8.71. The first kappa shape index (κ1) is 18.3. The number of hydrogen-bond acceptors (Lipinski definition) is 5. The number of amides is 1. The van der Waals surface area contributed by atoms with E-state index in [9.17, 15) is 4.79 Å². The molecule has 0 spiro atoms. The molecule has 1 saturated heterocycles. The average molecular weight is 399 g/mol. The smallest absolute Gasteiger partial charge is 0.240 e. The van der Waals surface area contributed by atoms with Crippen molar-refractivity contribution in [2.75, 3.05) is 13.1 Å². The number of rotatable bonds is 6. The first-order valence-electron chi connectivity index (χ1n) is 9.23. The summed E-state index contributed by atoms with van der Waals surface area (Å²) in [6, 6.07) is 14.1. The van der Waals surface area contributed by atoms with E-state index in [1.54, 1.807) is 11.3 Å². The van der Waals surface area contributed by atoms with Crippen molar-refractivity contribution in [2.24, 2.45) is 0 Å². The molecule has 27 heavy (non-hydrogen) atoms. The van der Waals surface area contributed by atoms with Gasteiger partial charge in [0, 0.05) is 24.4 Å². The van der Waals surface area contributed by atoms with Crippen LogP contribution in [0, 0.1) is 0 Å². The third-order valence-corrected chi connectivity index (χ3v) is 6.63. The number of likely N-dealkylation sites (tertiary alicyclic amines) is 1. The molecule has 3 heterocycles. The van der Waals surface area contributed by atoms with Gasteiger partial charge in [-0.2, -0.15) is 0 Å². The lowest BCUT2D eigenvalue weighted by Crippen LogP contribution is -2.38. The van der Waals surface area contributed by atoms with E-state index in [2.05, 4.69) is 26.6 Å². The summed E-state index contributed by atoms with van der Waals surface area (Å²) >= 11 is 3.14. The highest BCUT2D eigenvalue weighted by atomic mass is 32.2. The van der Waals surface area contributed by atoms with Gasteiger partial charge in [0.25, 0.3) is 0 Å². The fraction of sp³-hybridized carbons (Fsp3) is 0.350. The third-order valence-electron chi connectivity index (χ3n) is 4.65. The highest BCUT2D eigenvalue weighted by Gasteiger charge is 2.29. The summed E-state index contributed by atoms with van der Waals surface area (Å²) in [4.78, 5) is 21.1. The second-order valence-corrected chi connectivity index (χ2v) is 8.72. The van der Waals surface area contributed by atoms with Gasteiger partial charge in [-0.3, -0.25) is 9.89 Å². The van der Waals surface area contributed by atoms with Gasteiger partial charge >= 0.3 is 0 Å². The number of piperidine rings is 1. The SMILES string of the molecule is O=C([C@@H](Sc1n[nH]c(Cc2cccs2)n1)c1ccccc1)N1CCCCC1. The number of hydrogen-bond donors (Lipinski definition) is 1. The van der Waals surface area contributed by atoms with Gasteiger partial charge < -0.3 is 4.90 Å². The maximum atomic E-state index is 13.2. The van der Waals surface area contributed by atoms with Crippen molar-refractivity contribution in [1.82, 2.24) is 20.1 Å². The molecular weight excluding hydrogens is 376 g/mol. The summed E-state index contributed by atoms with van der Waals surface area (Å²) in [6.07, 6.45) is 4.12. The fourth-order valence-corrected chi connectivity index (χ4v) is 4.99. The number of nitrogens with zero attached hydrogens (tertiary/aromatic N) is 3. The number of thioether (sulfide) groups is 1. The fourth-order valence-electron chi connectivity index (χ4n) is 3.26. The predicted octanol–water partition coefficient (Wildman–Crippen LogP) is 4.30. The Balaban J connectivity index is 1.52. The lowest BCUT2D eigenvalue weighted by atomic mass is 10.1. The molecule has 5 nitrogen and oxygen atoms in total. The van der Waals surface area contributed by atoms with Crippen molar-refractivity contribution in [2.45, 2.75) is 36.1 Å². The summed E-state index contributed by atoms with van der Waals surface area (Å²) < 4.78 is 0. The van der Waals surface area contributed by atoms with Crippen LogP contribution >= 0.6 is 23.1 Å². The molecular formula is C20H22N4OS2. The normalized spacial score (nSPS) is 15.6. The Morgan fingerprint density at radius 2 is 1.96 bits per heavy atom. The zero-order chi connectivity index (χ0) is 18.5. The maximum Gasteiger partial charge on any atom is 0.240 e. The molecule has 0 aliphatic carbocycles. The van der Waals surface area contributed by atoms with E-state index in [4.69, 9.17) is 0 Å². The minimum atomic E-state index is -0.310. The summed E-state index contributed by atoms with van der Waals surface area (Å²) in [5.41, 5.74) is 1.00. The van der Waals surface area contributed by atoms with Crippen LogP contribution in [0.3, 0.4) is 0 Å². The molecule has 1 aromatic carbocycles. The number of benzene rings is 1. The Morgan fingerprint density at radius 1 is 1.15 bits per heavy atom. The summed E-state index contributed by atoms with van der Waals surface area (Å²) in [6.45, 7) is 1.70. The minimum absolute atomic E-state index is 0.163. The molecule has 0 unspecified atom stereocenters. The Morgan fingerprint density at radius 3 is 2.70 bits per heavy atom. The molecule has 2 aromatic heterocycles. The zero-order valence-corrected chi connectivity index (χ0v) is 16.6. The van der Waals surface area contributed by atoms with E-state index in [-0.39, 0.29) is 11.2 Å². The second-order valence-electron chi connectivity index (χ2n) is 6.62. The molecule has 140 valence electrons. The number of H-pyrrole nitrogens is 1. The minimum Gasteiger partial charge on any atom is -0.341 e. The van der Waals surface area contributed by atoms with Crippen LogP contribution < -0.4 is 0 Å². The van der Waals surface area contributed by atoms with Crippen LogP contribution in [0.4, 0.5) is 0 Å². The van der Waals surface area contributed by atoms with Crippen molar-refractivity contribution in [3.8, 4) is 0 Å². The molecule has 1 amide bonds.